The third-order valence-corrected chi connectivity index (χ3v) is 3.44. The molecule has 0 aliphatic carbocycles. The molecule has 1 aromatic heterocycles. The number of nitrogens with one attached hydrogen (secondary N) is 1. The van der Waals surface area contributed by atoms with Crippen LogP contribution < -0.4 is 10.2 Å². The van der Waals surface area contributed by atoms with E-state index in [9.17, 15) is 0 Å². The van der Waals surface area contributed by atoms with Crippen molar-refractivity contribution >= 4 is 11.5 Å². The fourth-order valence-corrected chi connectivity index (χ4v) is 2.32. The molecule has 0 amide bonds. The number of anilines is 2. The van der Waals surface area contributed by atoms with E-state index in [1.165, 1.54) is 5.69 Å². The standard InChI is InChI=1S/C14H23N3O/c1-3-7-15-14-11-12(4-8-16-14)17-9-5-13(18-2)6-10-17/h4,8,11,13H,3,5-7,9-10H2,1-2H3,(H,15,16). The molecule has 2 heterocycles. The monoisotopic (exact) mass is 249 g/mol. The van der Waals surface area contributed by atoms with Gasteiger partial charge in [-0.3, -0.25) is 0 Å². The molecule has 18 heavy (non-hydrogen) atoms. The molecule has 100 valence electrons. The topological polar surface area (TPSA) is 37.4 Å². The number of nitrogens with zero attached hydrogens (tertiary/aromatic N) is 2. The van der Waals surface area contributed by atoms with Crippen LogP contribution in [0, 0.1) is 0 Å². The first-order chi connectivity index (χ1) is 8.83. The second-order valence-corrected chi connectivity index (χ2v) is 4.75. The fourth-order valence-electron chi connectivity index (χ4n) is 2.32. The Morgan fingerprint density at radius 2 is 2.22 bits per heavy atom. The van der Waals surface area contributed by atoms with Gasteiger partial charge in [0.15, 0.2) is 0 Å². The summed E-state index contributed by atoms with van der Waals surface area (Å²) < 4.78 is 5.40. The average Bonchev–Trinajstić information content (AvgIpc) is 2.45. The summed E-state index contributed by atoms with van der Waals surface area (Å²) in [5.41, 5.74) is 1.26. The SMILES string of the molecule is CCCNc1cc(N2CCC(OC)CC2)ccn1. The first-order valence-electron chi connectivity index (χ1n) is 6.81. The van der Waals surface area contributed by atoms with Gasteiger partial charge in [-0.25, -0.2) is 4.98 Å². The van der Waals surface area contributed by atoms with E-state index in [4.69, 9.17) is 4.74 Å². The third kappa shape index (κ3) is 3.35. The molecule has 0 aromatic carbocycles. The van der Waals surface area contributed by atoms with Crippen LogP contribution >= 0.6 is 0 Å². The Morgan fingerprint density at radius 3 is 2.89 bits per heavy atom. The molecule has 0 bridgehead atoms. The summed E-state index contributed by atoms with van der Waals surface area (Å²) in [6.07, 6.45) is 5.65. The van der Waals surface area contributed by atoms with E-state index in [1.807, 2.05) is 6.20 Å². The Hall–Kier alpha value is -1.29. The number of rotatable bonds is 5. The van der Waals surface area contributed by atoms with Gasteiger partial charge < -0.3 is 15.0 Å². The van der Waals surface area contributed by atoms with Crippen LogP contribution in [0.1, 0.15) is 26.2 Å². The summed E-state index contributed by atoms with van der Waals surface area (Å²) >= 11 is 0. The van der Waals surface area contributed by atoms with Gasteiger partial charge >= 0.3 is 0 Å². The van der Waals surface area contributed by atoms with Gasteiger partial charge in [-0.05, 0) is 25.3 Å². The molecule has 0 saturated carbocycles. The van der Waals surface area contributed by atoms with Gasteiger partial charge in [-0.2, -0.15) is 0 Å². The van der Waals surface area contributed by atoms with Crippen LogP contribution in [-0.4, -0.2) is 37.8 Å². The van der Waals surface area contributed by atoms with E-state index in [-0.39, 0.29) is 0 Å². The predicted octanol–water partition coefficient (Wildman–Crippen LogP) is 2.52. The van der Waals surface area contributed by atoms with Crippen molar-refractivity contribution in [2.45, 2.75) is 32.3 Å². The van der Waals surface area contributed by atoms with Crippen molar-refractivity contribution < 1.29 is 4.74 Å². The summed E-state index contributed by atoms with van der Waals surface area (Å²) in [4.78, 5) is 6.75. The summed E-state index contributed by atoms with van der Waals surface area (Å²) in [6.45, 7) is 5.26. The van der Waals surface area contributed by atoms with Crippen LogP contribution in [0.25, 0.3) is 0 Å². The number of hydrogen-bond acceptors (Lipinski definition) is 4. The van der Waals surface area contributed by atoms with Crippen molar-refractivity contribution in [2.24, 2.45) is 0 Å². The maximum absolute atomic E-state index is 5.40. The molecule has 1 N–H and O–H groups in total. The van der Waals surface area contributed by atoms with E-state index in [0.29, 0.717) is 6.10 Å². The van der Waals surface area contributed by atoms with E-state index >= 15 is 0 Å². The van der Waals surface area contributed by atoms with Crippen molar-refractivity contribution in [3.8, 4) is 0 Å². The molecule has 4 nitrogen and oxygen atoms in total. The minimum Gasteiger partial charge on any atom is -0.381 e. The molecular weight excluding hydrogens is 226 g/mol. The largest absolute Gasteiger partial charge is 0.381 e. The Kier molecular flexibility index (Phi) is 4.81. The summed E-state index contributed by atoms with van der Waals surface area (Å²) in [5.74, 6) is 0.975. The Labute approximate surface area is 109 Å². The number of piperidine rings is 1. The van der Waals surface area contributed by atoms with Crippen LogP contribution in [0.15, 0.2) is 18.3 Å². The summed E-state index contributed by atoms with van der Waals surface area (Å²) in [7, 11) is 1.81. The molecule has 1 aliphatic heterocycles. The van der Waals surface area contributed by atoms with Crippen LogP contribution in [-0.2, 0) is 4.74 Å². The van der Waals surface area contributed by atoms with Crippen molar-refractivity contribution in [3.05, 3.63) is 18.3 Å². The highest BCUT2D eigenvalue weighted by molar-refractivity contribution is 5.54. The average molecular weight is 249 g/mol. The lowest BCUT2D eigenvalue weighted by molar-refractivity contribution is 0.0819. The van der Waals surface area contributed by atoms with Crippen molar-refractivity contribution in [3.63, 3.8) is 0 Å². The molecule has 1 aliphatic rings. The zero-order valence-electron chi connectivity index (χ0n) is 11.4. The molecular formula is C14H23N3O. The molecule has 1 aromatic rings. The zero-order chi connectivity index (χ0) is 12.8. The van der Waals surface area contributed by atoms with Gasteiger partial charge in [-0.1, -0.05) is 6.92 Å². The smallest absolute Gasteiger partial charge is 0.127 e. The number of pyridine rings is 1. The van der Waals surface area contributed by atoms with Gasteiger partial charge in [-0.15, -0.1) is 0 Å². The first-order valence-corrected chi connectivity index (χ1v) is 6.81. The third-order valence-electron chi connectivity index (χ3n) is 3.44. The van der Waals surface area contributed by atoms with Gasteiger partial charge in [0.1, 0.15) is 5.82 Å². The Balaban J connectivity index is 1.96. The lowest BCUT2D eigenvalue weighted by Crippen LogP contribution is -2.36. The number of methoxy groups -OCH3 is 1. The van der Waals surface area contributed by atoms with E-state index in [0.717, 1.165) is 44.7 Å². The molecule has 0 radical (unpaired) electrons. The van der Waals surface area contributed by atoms with Crippen LogP contribution in [0.3, 0.4) is 0 Å². The quantitative estimate of drug-likeness (QED) is 0.870. The van der Waals surface area contributed by atoms with Crippen molar-refractivity contribution in [2.75, 3.05) is 37.0 Å². The highest BCUT2D eigenvalue weighted by Gasteiger charge is 2.18. The lowest BCUT2D eigenvalue weighted by atomic mass is 10.1. The highest BCUT2D eigenvalue weighted by atomic mass is 16.5. The Morgan fingerprint density at radius 1 is 1.44 bits per heavy atom. The first kappa shape index (κ1) is 13.1. The minimum atomic E-state index is 0.431. The number of hydrogen-bond donors (Lipinski definition) is 1. The predicted molar refractivity (Wildman–Crippen MR) is 75.3 cm³/mol. The van der Waals surface area contributed by atoms with E-state index < -0.39 is 0 Å². The van der Waals surface area contributed by atoms with E-state index in [1.54, 1.807) is 7.11 Å². The molecule has 1 fully saturated rings. The van der Waals surface area contributed by atoms with Gasteiger partial charge in [0.05, 0.1) is 6.10 Å². The maximum atomic E-state index is 5.40. The summed E-state index contributed by atoms with van der Waals surface area (Å²) in [5, 5.41) is 3.33. The summed E-state index contributed by atoms with van der Waals surface area (Å²) in [6, 6.07) is 4.23. The van der Waals surface area contributed by atoms with Crippen molar-refractivity contribution in [1.82, 2.24) is 4.98 Å². The van der Waals surface area contributed by atoms with Gasteiger partial charge in [0.25, 0.3) is 0 Å². The molecule has 4 heteroatoms. The number of aromatic nitrogens is 1. The molecule has 1 saturated heterocycles. The van der Waals surface area contributed by atoms with Gasteiger partial charge in [0.2, 0.25) is 0 Å². The fraction of sp³-hybridized carbons (Fsp3) is 0.643. The lowest BCUT2D eigenvalue weighted by Gasteiger charge is -2.33. The molecule has 2 rings (SSSR count). The molecule has 0 unspecified atom stereocenters. The van der Waals surface area contributed by atoms with Crippen LogP contribution in [0.2, 0.25) is 0 Å². The van der Waals surface area contributed by atoms with Crippen LogP contribution in [0.5, 0.6) is 0 Å². The maximum Gasteiger partial charge on any atom is 0.127 e. The molecule has 0 atom stereocenters. The van der Waals surface area contributed by atoms with Crippen LogP contribution in [0.4, 0.5) is 11.5 Å². The van der Waals surface area contributed by atoms with E-state index in [2.05, 4.69) is 34.3 Å². The zero-order valence-corrected chi connectivity index (χ0v) is 11.4. The van der Waals surface area contributed by atoms with Crippen molar-refractivity contribution in [1.29, 1.82) is 0 Å². The minimum absolute atomic E-state index is 0.431. The van der Waals surface area contributed by atoms with Gasteiger partial charge in [0, 0.05) is 44.7 Å². The number of ether oxygens (including phenoxy) is 1. The normalized spacial score (nSPS) is 16.9. The molecule has 0 spiro atoms. The second-order valence-electron chi connectivity index (χ2n) is 4.75. The second kappa shape index (κ2) is 6.59. The highest BCUT2D eigenvalue weighted by Crippen LogP contribution is 2.22. The Bertz CT molecular complexity index is 362.